The van der Waals surface area contributed by atoms with Crippen molar-refractivity contribution in [3.63, 3.8) is 0 Å². The molecule has 0 aliphatic carbocycles. The molecule has 0 fully saturated rings. The molecule has 0 amide bonds. The van der Waals surface area contributed by atoms with Gasteiger partial charge in [-0.3, -0.25) is 4.79 Å². The molecular weight excluding hydrogens is 243 g/mol. The second kappa shape index (κ2) is 8.26. The van der Waals surface area contributed by atoms with E-state index >= 15 is 0 Å². The second-order valence-electron chi connectivity index (χ2n) is 3.33. The van der Waals surface area contributed by atoms with E-state index in [1.807, 2.05) is 0 Å². The molecule has 0 radical (unpaired) electrons. The largest absolute Gasteiger partial charge is 0.481 e. The topological polar surface area (TPSA) is 78.8 Å². The van der Waals surface area contributed by atoms with Gasteiger partial charge in [-0.25, -0.2) is 0 Å². The number of aliphatic hydroxyl groups is 1. The number of aliphatic carboxylic acids is 1. The lowest BCUT2D eigenvalue weighted by atomic mass is 10.1. The number of alkyl halides is 3. The van der Waals surface area contributed by atoms with Gasteiger partial charge in [0.2, 0.25) is 0 Å². The van der Waals surface area contributed by atoms with Crippen LogP contribution in [0.3, 0.4) is 0 Å². The van der Waals surface area contributed by atoms with E-state index in [9.17, 15) is 18.0 Å². The van der Waals surface area contributed by atoms with Crippen LogP contribution in [0, 0.1) is 5.92 Å². The molecular formula is C9H16F3NO4. The molecule has 1 atom stereocenters. The standard InChI is InChI=1S/C9H16F3NO4/c10-9(11,12)7(8(15)16)6-13-2-1-4-17-5-3-14/h7,13-14H,1-6H2,(H,15,16). The van der Waals surface area contributed by atoms with Gasteiger partial charge in [-0.1, -0.05) is 0 Å². The van der Waals surface area contributed by atoms with Crippen LogP contribution >= 0.6 is 0 Å². The highest BCUT2D eigenvalue weighted by atomic mass is 19.4. The molecule has 0 aromatic carbocycles. The van der Waals surface area contributed by atoms with Crippen molar-refractivity contribution in [1.82, 2.24) is 5.32 Å². The van der Waals surface area contributed by atoms with E-state index in [1.54, 1.807) is 0 Å². The summed E-state index contributed by atoms with van der Waals surface area (Å²) in [7, 11) is 0. The Morgan fingerprint density at radius 2 is 2.00 bits per heavy atom. The quantitative estimate of drug-likeness (QED) is 0.517. The molecule has 17 heavy (non-hydrogen) atoms. The van der Waals surface area contributed by atoms with Gasteiger partial charge >= 0.3 is 12.1 Å². The molecule has 0 rings (SSSR count). The summed E-state index contributed by atoms with van der Waals surface area (Å²) in [5.41, 5.74) is 0. The Bertz CT molecular complexity index is 223. The maximum atomic E-state index is 12.2. The number of rotatable bonds is 9. The zero-order valence-electron chi connectivity index (χ0n) is 9.16. The van der Waals surface area contributed by atoms with E-state index < -0.39 is 24.6 Å². The Labute approximate surface area is 96.6 Å². The van der Waals surface area contributed by atoms with Gasteiger partial charge in [0, 0.05) is 13.2 Å². The lowest BCUT2D eigenvalue weighted by molar-refractivity contribution is -0.192. The first kappa shape index (κ1) is 16.1. The molecule has 1 unspecified atom stereocenters. The number of nitrogens with one attached hydrogen (secondary N) is 1. The molecule has 8 heteroatoms. The van der Waals surface area contributed by atoms with Crippen LogP contribution in [0.5, 0.6) is 0 Å². The Morgan fingerprint density at radius 3 is 2.47 bits per heavy atom. The van der Waals surface area contributed by atoms with Gasteiger partial charge in [0.15, 0.2) is 5.92 Å². The van der Waals surface area contributed by atoms with E-state index in [1.165, 1.54) is 0 Å². The number of carboxylic acids is 1. The number of hydrogen-bond donors (Lipinski definition) is 3. The molecule has 0 aliphatic rings. The highest BCUT2D eigenvalue weighted by Gasteiger charge is 2.44. The number of carbonyl (C=O) groups is 1. The summed E-state index contributed by atoms with van der Waals surface area (Å²) in [5, 5.41) is 19.1. The first-order chi connectivity index (χ1) is 7.89. The van der Waals surface area contributed by atoms with E-state index in [2.05, 4.69) is 5.32 Å². The van der Waals surface area contributed by atoms with Crippen LogP contribution < -0.4 is 5.32 Å². The van der Waals surface area contributed by atoms with Crippen molar-refractivity contribution in [3.05, 3.63) is 0 Å². The van der Waals surface area contributed by atoms with Gasteiger partial charge in [-0.05, 0) is 13.0 Å². The average molecular weight is 259 g/mol. The molecule has 0 saturated carbocycles. The summed E-state index contributed by atoms with van der Waals surface area (Å²) in [6, 6.07) is 0. The third-order valence-electron chi connectivity index (χ3n) is 1.92. The molecule has 5 nitrogen and oxygen atoms in total. The van der Waals surface area contributed by atoms with Crippen LogP contribution in [-0.2, 0) is 9.53 Å². The van der Waals surface area contributed by atoms with E-state index in [-0.39, 0.29) is 19.8 Å². The molecule has 3 N–H and O–H groups in total. The molecule has 0 saturated heterocycles. The van der Waals surface area contributed by atoms with Crippen LogP contribution in [0.4, 0.5) is 13.2 Å². The highest BCUT2D eigenvalue weighted by Crippen LogP contribution is 2.25. The van der Waals surface area contributed by atoms with E-state index in [0.29, 0.717) is 13.0 Å². The number of carboxylic acid groups (broad SMARTS) is 1. The molecule has 0 aromatic rings. The summed E-state index contributed by atoms with van der Waals surface area (Å²) in [5.74, 6) is -4.28. The monoisotopic (exact) mass is 259 g/mol. The van der Waals surface area contributed by atoms with Crippen molar-refractivity contribution >= 4 is 5.97 Å². The number of hydrogen-bond acceptors (Lipinski definition) is 4. The molecule has 0 aliphatic heterocycles. The zero-order valence-corrected chi connectivity index (χ0v) is 9.16. The van der Waals surface area contributed by atoms with Gasteiger partial charge in [0.1, 0.15) is 0 Å². The molecule has 0 bridgehead atoms. The summed E-state index contributed by atoms with van der Waals surface area (Å²) in [6.07, 6.45) is -4.30. The highest BCUT2D eigenvalue weighted by molar-refractivity contribution is 5.71. The second-order valence-corrected chi connectivity index (χ2v) is 3.33. The Hall–Kier alpha value is -0.860. The van der Waals surface area contributed by atoms with Crippen LogP contribution in [0.15, 0.2) is 0 Å². The molecule has 0 heterocycles. The lowest BCUT2D eigenvalue weighted by Gasteiger charge is -2.16. The smallest absolute Gasteiger partial charge is 0.403 e. The normalized spacial score (nSPS) is 13.6. The van der Waals surface area contributed by atoms with Crippen LogP contribution in [-0.4, -0.2) is 55.3 Å². The van der Waals surface area contributed by atoms with Crippen molar-refractivity contribution in [2.75, 3.05) is 32.9 Å². The minimum Gasteiger partial charge on any atom is -0.481 e. The minimum atomic E-state index is -4.74. The van der Waals surface area contributed by atoms with Crippen LogP contribution in [0.1, 0.15) is 6.42 Å². The fourth-order valence-corrected chi connectivity index (χ4v) is 1.06. The fraction of sp³-hybridized carbons (Fsp3) is 0.889. The summed E-state index contributed by atoms with van der Waals surface area (Å²) >= 11 is 0. The third kappa shape index (κ3) is 7.94. The summed E-state index contributed by atoms with van der Waals surface area (Å²) < 4.78 is 41.4. The first-order valence-corrected chi connectivity index (χ1v) is 5.08. The van der Waals surface area contributed by atoms with Gasteiger partial charge in [0.25, 0.3) is 0 Å². The van der Waals surface area contributed by atoms with Crippen molar-refractivity contribution in [2.45, 2.75) is 12.6 Å². The lowest BCUT2D eigenvalue weighted by Crippen LogP contribution is -2.39. The van der Waals surface area contributed by atoms with E-state index in [4.69, 9.17) is 14.9 Å². The van der Waals surface area contributed by atoms with Crippen LogP contribution in [0.25, 0.3) is 0 Å². The van der Waals surface area contributed by atoms with E-state index in [0.717, 1.165) is 0 Å². The van der Waals surface area contributed by atoms with Crippen molar-refractivity contribution in [2.24, 2.45) is 5.92 Å². The van der Waals surface area contributed by atoms with Gasteiger partial charge in [-0.15, -0.1) is 0 Å². The van der Waals surface area contributed by atoms with Crippen molar-refractivity contribution in [1.29, 1.82) is 0 Å². The summed E-state index contributed by atoms with van der Waals surface area (Å²) in [6.45, 7) is -0.0513. The molecule has 0 aromatic heterocycles. The Kier molecular flexibility index (Phi) is 7.85. The fourth-order valence-electron chi connectivity index (χ4n) is 1.06. The van der Waals surface area contributed by atoms with Crippen molar-refractivity contribution < 1.29 is 32.9 Å². The summed E-state index contributed by atoms with van der Waals surface area (Å²) in [4.78, 5) is 10.3. The molecule has 0 spiro atoms. The van der Waals surface area contributed by atoms with Crippen molar-refractivity contribution in [3.8, 4) is 0 Å². The third-order valence-corrected chi connectivity index (χ3v) is 1.92. The van der Waals surface area contributed by atoms with Crippen LogP contribution in [0.2, 0.25) is 0 Å². The minimum absolute atomic E-state index is 0.109. The average Bonchev–Trinajstić information content (AvgIpc) is 2.19. The van der Waals surface area contributed by atoms with Gasteiger partial charge in [-0.2, -0.15) is 13.2 Å². The predicted molar refractivity (Wildman–Crippen MR) is 52.6 cm³/mol. The Morgan fingerprint density at radius 1 is 1.35 bits per heavy atom. The number of ether oxygens (including phenoxy) is 1. The number of halogens is 3. The molecule has 102 valence electrons. The van der Waals surface area contributed by atoms with Gasteiger partial charge < -0.3 is 20.3 Å². The predicted octanol–water partition coefficient (Wildman–Crippen LogP) is 0.238. The van der Waals surface area contributed by atoms with Gasteiger partial charge in [0.05, 0.1) is 13.2 Å². The first-order valence-electron chi connectivity index (χ1n) is 5.08. The maximum absolute atomic E-state index is 12.2. The Balaban J connectivity index is 3.67. The SMILES string of the molecule is O=C(O)C(CNCCCOCCO)C(F)(F)F. The number of aliphatic hydroxyl groups excluding tert-OH is 1. The zero-order chi connectivity index (χ0) is 13.3. The maximum Gasteiger partial charge on any atom is 0.403 e.